The minimum atomic E-state index is 0.825. The highest BCUT2D eigenvalue weighted by Gasteiger charge is 2.27. The van der Waals surface area contributed by atoms with Crippen LogP contribution < -0.4 is 5.32 Å². The molecule has 2 fully saturated rings. The van der Waals surface area contributed by atoms with Crippen LogP contribution in [0.25, 0.3) is 0 Å². The molecule has 2 unspecified atom stereocenters. The molecule has 1 heteroatoms. The van der Waals surface area contributed by atoms with Crippen LogP contribution in [-0.4, -0.2) is 12.6 Å². The first-order valence-electron chi connectivity index (χ1n) is 8.00. The zero-order valence-corrected chi connectivity index (χ0v) is 11.9. The van der Waals surface area contributed by atoms with Gasteiger partial charge in [0.15, 0.2) is 0 Å². The lowest BCUT2D eigenvalue weighted by Crippen LogP contribution is -2.43. The van der Waals surface area contributed by atoms with Crippen molar-refractivity contribution >= 4 is 0 Å². The van der Waals surface area contributed by atoms with Crippen molar-refractivity contribution in [1.82, 2.24) is 5.32 Å². The topological polar surface area (TPSA) is 12.0 Å². The average molecular weight is 237 g/mol. The van der Waals surface area contributed by atoms with Crippen molar-refractivity contribution in [2.45, 2.75) is 77.7 Å². The summed E-state index contributed by atoms with van der Waals surface area (Å²) < 4.78 is 0. The lowest BCUT2D eigenvalue weighted by Gasteiger charge is -2.36. The van der Waals surface area contributed by atoms with E-state index in [4.69, 9.17) is 0 Å². The van der Waals surface area contributed by atoms with Crippen LogP contribution in [0.15, 0.2) is 0 Å². The van der Waals surface area contributed by atoms with Gasteiger partial charge >= 0.3 is 0 Å². The van der Waals surface area contributed by atoms with Crippen LogP contribution in [0.4, 0.5) is 0 Å². The minimum Gasteiger partial charge on any atom is -0.313 e. The molecule has 0 aliphatic heterocycles. The third-order valence-corrected chi connectivity index (χ3v) is 5.07. The maximum absolute atomic E-state index is 3.92. The third kappa shape index (κ3) is 3.98. The summed E-state index contributed by atoms with van der Waals surface area (Å²) in [5.41, 5.74) is 0. The van der Waals surface area contributed by atoms with E-state index < -0.39 is 0 Å². The van der Waals surface area contributed by atoms with Gasteiger partial charge in [0.25, 0.3) is 0 Å². The van der Waals surface area contributed by atoms with Crippen molar-refractivity contribution in [3.8, 4) is 0 Å². The Kier molecular flexibility index (Phi) is 5.34. The molecular weight excluding hydrogens is 206 g/mol. The lowest BCUT2D eigenvalue weighted by atomic mass is 9.77. The molecule has 1 nitrogen and oxygen atoms in total. The molecule has 1 N–H and O–H groups in total. The van der Waals surface area contributed by atoms with Gasteiger partial charge in [0, 0.05) is 6.04 Å². The Labute approximate surface area is 108 Å². The first-order valence-corrected chi connectivity index (χ1v) is 8.00. The van der Waals surface area contributed by atoms with Crippen molar-refractivity contribution in [3.63, 3.8) is 0 Å². The molecule has 100 valence electrons. The van der Waals surface area contributed by atoms with Gasteiger partial charge in [-0.05, 0) is 50.0 Å². The van der Waals surface area contributed by atoms with E-state index in [1.54, 1.807) is 0 Å². The fourth-order valence-corrected chi connectivity index (χ4v) is 3.92. The van der Waals surface area contributed by atoms with E-state index >= 15 is 0 Å². The molecule has 0 aromatic heterocycles. The largest absolute Gasteiger partial charge is 0.313 e. The molecule has 2 saturated carbocycles. The van der Waals surface area contributed by atoms with Gasteiger partial charge in [-0.15, -0.1) is 0 Å². The van der Waals surface area contributed by atoms with Crippen molar-refractivity contribution in [2.24, 2.45) is 17.8 Å². The predicted molar refractivity (Wildman–Crippen MR) is 75.2 cm³/mol. The fourth-order valence-electron chi connectivity index (χ4n) is 3.92. The maximum Gasteiger partial charge on any atom is 0.00978 e. The summed E-state index contributed by atoms with van der Waals surface area (Å²) in [7, 11) is 0. The van der Waals surface area contributed by atoms with Gasteiger partial charge < -0.3 is 5.32 Å². The quantitative estimate of drug-likeness (QED) is 0.765. The highest BCUT2D eigenvalue weighted by atomic mass is 14.9. The molecule has 2 aliphatic rings. The van der Waals surface area contributed by atoms with E-state index in [1.807, 2.05) is 0 Å². The molecule has 0 saturated heterocycles. The Morgan fingerprint density at radius 1 is 0.882 bits per heavy atom. The molecule has 2 aliphatic carbocycles. The normalized spacial score (nSPS) is 31.9. The van der Waals surface area contributed by atoms with Crippen LogP contribution in [0.2, 0.25) is 0 Å². The molecule has 0 radical (unpaired) electrons. The van der Waals surface area contributed by atoms with Crippen LogP contribution in [0.5, 0.6) is 0 Å². The molecular formula is C16H31N. The lowest BCUT2D eigenvalue weighted by molar-refractivity contribution is 0.193. The number of nitrogens with one attached hydrogen (secondary N) is 1. The summed E-state index contributed by atoms with van der Waals surface area (Å²) in [6.45, 7) is 6.12. The highest BCUT2D eigenvalue weighted by Crippen LogP contribution is 2.31. The van der Waals surface area contributed by atoms with Gasteiger partial charge in [-0.2, -0.15) is 0 Å². The maximum atomic E-state index is 3.92. The molecule has 0 heterocycles. The van der Waals surface area contributed by atoms with E-state index in [1.165, 1.54) is 64.3 Å². The van der Waals surface area contributed by atoms with Crippen LogP contribution in [0.1, 0.15) is 71.6 Å². The van der Waals surface area contributed by atoms with Crippen molar-refractivity contribution in [3.05, 3.63) is 0 Å². The van der Waals surface area contributed by atoms with E-state index in [2.05, 4.69) is 19.2 Å². The van der Waals surface area contributed by atoms with Crippen LogP contribution >= 0.6 is 0 Å². The summed E-state index contributed by atoms with van der Waals surface area (Å²) in [6, 6.07) is 0.825. The zero-order chi connectivity index (χ0) is 12.1. The first kappa shape index (κ1) is 13.4. The smallest absolute Gasteiger partial charge is 0.00978 e. The second-order valence-corrected chi connectivity index (χ2v) is 6.71. The van der Waals surface area contributed by atoms with Crippen molar-refractivity contribution in [2.75, 3.05) is 6.54 Å². The zero-order valence-electron chi connectivity index (χ0n) is 11.9. The molecule has 0 amide bonds. The Morgan fingerprint density at radius 2 is 1.53 bits per heavy atom. The Hall–Kier alpha value is -0.0400. The summed E-state index contributed by atoms with van der Waals surface area (Å²) in [4.78, 5) is 0. The average Bonchev–Trinajstić information content (AvgIpc) is 2.38. The van der Waals surface area contributed by atoms with Crippen LogP contribution in [-0.2, 0) is 0 Å². The van der Waals surface area contributed by atoms with E-state index in [-0.39, 0.29) is 0 Å². The monoisotopic (exact) mass is 237 g/mol. The minimum absolute atomic E-state index is 0.825. The number of hydrogen-bond acceptors (Lipinski definition) is 1. The van der Waals surface area contributed by atoms with Crippen molar-refractivity contribution in [1.29, 1.82) is 0 Å². The second kappa shape index (κ2) is 6.78. The van der Waals surface area contributed by atoms with E-state index in [9.17, 15) is 0 Å². The fraction of sp³-hybridized carbons (Fsp3) is 1.00. The van der Waals surface area contributed by atoms with Gasteiger partial charge in [0.05, 0.1) is 0 Å². The highest BCUT2D eigenvalue weighted by molar-refractivity contribution is 4.83. The van der Waals surface area contributed by atoms with Gasteiger partial charge in [0.2, 0.25) is 0 Å². The third-order valence-electron chi connectivity index (χ3n) is 5.07. The summed E-state index contributed by atoms with van der Waals surface area (Å²) >= 11 is 0. The number of rotatable bonds is 4. The van der Waals surface area contributed by atoms with Gasteiger partial charge in [-0.1, -0.05) is 46.0 Å². The molecule has 0 bridgehead atoms. The number of hydrogen-bond donors (Lipinski definition) is 1. The SMILES string of the molecule is CC(C)C1CCCCC1NCC1CCCCC1. The molecule has 0 spiro atoms. The molecule has 0 aromatic rings. The summed E-state index contributed by atoms with van der Waals surface area (Å²) in [6.07, 6.45) is 13.2. The Morgan fingerprint density at radius 3 is 2.24 bits per heavy atom. The summed E-state index contributed by atoms with van der Waals surface area (Å²) in [5.74, 6) is 2.78. The predicted octanol–water partition coefficient (Wildman–Crippen LogP) is 4.37. The molecule has 2 rings (SSSR count). The van der Waals surface area contributed by atoms with Crippen LogP contribution in [0, 0.1) is 17.8 Å². The van der Waals surface area contributed by atoms with Crippen molar-refractivity contribution < 1.29 is 0 Å². The van der Waals surface area contributed by atoms with Gasteiger partial charge in [-0.25, -0.2) is 0 Å². The van der Waals surface area contributed by atoms with E-state index in [0.717, 1.165) is 23.8 Å². The van der Waals surface area contributed by atoms with Crippen LogP contribution in [0.3, 0.4) is 0 Å². The van der Waals surface area contributed by atoms with Gasteiger partial charge in [0.1, 0.15) is 0 Å². The van der Waals surface area contributed by atoms with Gasteiger partial charge in [-0.3, -0.25) is 0 Å². The molecule has 0 aromatic carbocycles. The Bertz CT molecular complexity index is 206. The molecule has 17 heavy (non-hydrogen) atoms. The second-order valence-electron chi connectivity index (χ2n) is 6.71. The Balaban J connectivity index is 1.75. The first-order chi connectivity index (χ1) is 8.27. The summed E-state index contributed by atoms with van der Waals surface area (Å²) in [5, 5.41) is 3.92. The van der Waals surface area contributed by atoms with E-state index in [0.29, 0.717) is 0 Å². The standard InChI is InChI=1S/C16H31N/c1-13(2)15-10-6-7-11-16(15)17-12-14-8-4-3-5-9-14/h13-17H,3-12H2,1-2H3. The molecule has 2 atom stereocenters.